The van der Waals surface area contributed by atoms with Gasteiger partial charge in [-0.25, -0.2) is 8.42 Å². The van der Waals surface area contributed by atoms with E-state index >= 15 is 0 Å². The number of hydrogen-bond acceptors (Lipinski definition) is 3. The molecule has 0 spiro atoms. The van der Waals surface area contributed by atoms with Gasteiger partial charge < -0.3 is 4.43 Å². The first kappa shape index (κ1) is 20.2. The lowest BCUT2D eigenvalue weighted by Gasteiger charge is -2.43. The Kier molecular flexibility index (Phi) is 6.13. The Morgan fingerprint density at radius 1 is 0.870 bits per heavy atom. The fraction of sp³-hybridized carbons (Fsp3) is 0.667. The Balaban J connectivity index is 3.47. The molecule has 0 atom stereocenters. The van der Waals surface area contributed by atoms with Gasteiger partial charge in [-0.3, -0.25) is 0 Å². The number of benzene rings is 1. The van der Waals surface area contributed by atoms with Crippen molar-refractivity contribution in [2.45, 2.75) is 76.9 Å². The average molecular weight is 357 g/mol. The molecular weight excluding hydrogens is 324 g/mol. The van der Waals surface area contributed by atoms with Crippen LogP contribution >= 0.6 is 0 Å². The summed E-state index contributed by atoms with van der Waals surface area (Å²) in [5.41, 5.74) is 3.26. The van der Waals surface area contributed by atoms with Crippen LogP contribution in [0, 0.1) is 13.8 Å². The maximum atomic E-state index is 11.8. The third-order valence-electron chi connectivity index (χ3n) is 4.85. The Bertz CT molecular complexity index is 616. The molecule has 0 aliphatic carbocycles. The highest BCUT2D eigenvalue weighted by Crippen LogP contribution is 2.44. The highest BCUT2D eigenvalue weighted by molar-refractivity contribution is 7.90. The number of aryl methyl sites for hydroxylation is 2. The van der Waals surface area contributed by atoms with Crippen LogP contribution in [0.2, 0.25) is 16.6 Å². The normalized spacial score (nSPS) is 13.2. The molecule has 0 saturated carbocycles. The molecule has 0 unspecified atom stereocenters. The van der Waals surface area contributed by atoms with E-state index in [0.717, 1.165) is 16.9 Å². The molecule has 23 heavy (non-hydrogen) atoms. The van der Waals surface area contributed by atoms with Crippen LogP contribution in [0.4, 0.5) is 0 Å². The second kappa shape index (κ2) is 6.97. The molecule has 0 fully saturated rings. The van der Waals surface area contributed by atoms with Gasteiger partial charge in [-0.2, -0.15) is 0 Å². The molecule has 132 valence electrons. The smallest absolute Gasteiger partial charge is 0.258 e. The number of sulfone groups is 1. The molecule has 0 amide bonds. The lowest BCUT2D eigenvalue weighted by atomic mass is 10.1. The summed E-state index contributed by atoms with van der Waals surface area (Å²) in [5.74, 6) is 0.875. The van der Waals surface area contributed by atoms with Crippen molar-refractivity contribution in [1.82, 2.24) is 0 Å². The maximum Gasteiger partial charge on any atom is 0.258 e. The highest BCUT2D eigenvalue weighted by atomic mass is 32.2. The molecule has 0 bridgehead atoms. The van der Waals surface area contributed by atoms with Crippen LogP contribution in [0.5, 0.6) is 5.75 Å². The molecule has 0 aliphatic rings. The van der Waals surface area contributed by atoms with Crippen molar-refractivity contribution in [2.75, 3.05) is 6.26 Å². The molecule has 1 aromatic rings. The monoisotopic (exact) mass is 356 g/mol. The number of rotatable bonds is 6. The molecule has 1 aromatic carbocycles. The SMILES string of the molecule is Cc1cc(S(C)(=O)=O)cc(C)c1O[Si](C(C)C)(C(C)C)C(C)C. The maximum absolute atomic E-state index is 11.8. The van der Waals surface area contributed by atoms with E-state index in [-0.39, 0.29) is 0 Å². The summed E-state index contributed by atoms with van der Waals surface area (Å²) in [6.07, 6.45) is 1.25. The van der Waals surface area contributed by atoms with Crippen LogP contribution in [0.25, 0.3) is 0 Å². The zero-order valence-electron chi connectivity index (χ0n) is 16.0. The summed E-state index contributed by atoms with van der Waals surface area (Å²) in [6.45, 7) is 17.4. The Morgan fingerprint density at radius 3 is 1.48 bits per heavy atom. The molecular formula is C18H32O3SSi. The molecule has 1 rings (SSSR count). The molecule has 5 heteroatoms. The minimum atomic E-state index is -3.20. The van der Waals surface area contributed by atoms with Crippen molar-refractivity contribution in [2.24, 2.45) is 0 Å². The molecule has 0 heterocycles. The fourth-order valence-corrected chi connectivity index (χ4v) is 9.98. The van der Waals surface area contributed by atoms with E-state index in [1.807, 2.05) is 13.8 Å². The third-order valence-corrected chi connectivity index (χ3v) is 11.9. The Hall–Kier alpha value is -0.813. The van der Waals surface area contributed by atoms with Crippen LogP contribution in [-0.4, -0.2) is 23.0 Å². The van der Waals surface area contributed by atoms with E-state index in [4.69, 9.17) is 4.43 Å². The first-order chi connectivity index (χ1) is 10.3. The van der Waals surface area contributed by atoms with E-state index in [1.54, 1.807) is 12.1 Å². The lowest BCUT2D eigenvalue weighted by molar-refractivity contribution is 0.473. The van der Waals surface area contributed by atoms with Crippen molar-refractivity contribution < 1.29 is 12.8 Å². The first-order valence-electron chi connectivity index (χ1n) is 8.34. The molecule has 0 aromatic heterocycles. The summed E-state index contributed by atoms with van der Waals surface area (Å²) >= 11 is 0. The Labute approximate surface area is 143 Å². The molecule has 0 aliphatic heterocycles. The summed E-state index contributed by atoms with van der Waals surface area (Å²) < 4.78 is 30.4. The van der Waals surface area contributed by atoms with Crippen molar-refractivity contribution in [3.05, 3.63) is 23.3 Å². The molecule has 3 nitrogen and oxygen atoms in total. The summed E-state index contributed by atoms with van der Waals surface area (Å²) in [7, 11) is -5.25. The zero-order valence-corrected chi connectivity index (χ0v) is 17.8. The van der Waals surface area contributed by atoms with Gasteiger partial charge >= 0.3 is 0 Å². The van der Waals surface area contributed by atoms with Gasteiger partial charge in [-0.05, 0) is 53.7 Å². The summed E-state index contributed by atoms with van der Waals surface area (Å²) in [6, 6.07) is 3.47. The van der Waals surface area contributed by atoms with Gasteiger partial charge in [0.05, 0.1) is 4.90 Å². The standard InChI is InChI=1S/C18H32O3SSi/c1-12(2)23(13(3)4,14(5)6)21-18-15(7)10-17(11-16(18)8)22(9,19)20/h10-14H,1-9H3. The first-order valence-corrected chi connectivity index (χ1v) is 12.4. The molecule has 0 radical (unpaired) electrons. The summed E-state index contributed by atoms with van der Waals surface area (Å²) in [5, 5.41) is 0. The van der Waals surface area contributed by atoms with Crippen molar-refractivity contribution in [1.29, 1.82) is 0 Å². The Morgan fingerprint density at radius 2 is 1.22 bits per heavy atom. The second-order valence-electron chi connectivity index (χ2n) is 7.58. The van der Waals surface area contributed by atoms with Gasteiger partial charge in [0.1, 0.15) is 5.75 Å². The van der Waals surface area contributed by atoms with Gasteiger partial charge in [0.2, 0.25) is 0 Å². The third kappa shape index (κ3) is 3.99. The van der Waals surface area contributed by atoms with E-state index in [2.05, 4.69) is 41.5 Å². The van der Waals surface area contributed by atoms with Crippen molar-refractivity contribution in [3.8, 4) is 5.75 Å². The van der Waals surface area contributed by atoms with E-state index < -0.39 is 18.2 Å². The quantitative estimate of drug-likeness (QED) is 0.653. The van der Waals surface area contributed by atoms with Crippen LogP contribution in [0.1, 0.15) is 52.7 Å². The van der Waals surface area contributed by atoms with Crippen LogP contribution < -0.4 is 4.43 Å². The van der Waals surface area contributed by atoms with E-state index in [1.165, 1.54) is 6.26 Å². The van der Waals surface area contributed by atoms with Crippen LogP contribution in [0.3, 0.4) is 0 Å². The summed E-state index contributed by atoms with van der Waals surface area (Å²) in [4.78, 5) is 0.366. The van der Waals surface area contributed by atoms with Gasteiger partial charge in [-0.1, -0.05) is 41.5 Å². The lowest BCUT2D eigenvalue weighted by Crippen LogP contribution is -2.51. The van der Waals surface area contributed by atoms with E-state index in [0.29, 0.717) is 21.5 Å². The van der Waals surface area contributed by atoms with Crippen LogP contribution in [-0.2, 0) is 9.84 Å². The van der Waals surface area contributed by atoms with Gasteiger partial charge in [-0.15, -0.1) is 0 Å². The molecule has 0 N–H and O–H groups in total. The second-order valence-corrected chi connectivity index (χ2v) is 15.0. The fourth-order valence-electron chi connectivity index (χ4n) is 3.82. The van der Waals surface area contributed by atoms with Gasteiger partial charge in [0.15, 0.2) is 9.84 Å². The van der Waals surface area contributed by atoms with Gasteiger partial charge in [0.25, 0.3) is 8.32 Å². The zero-order chi connectivity index (χ0) is 18.2. The average Bonchev–Trinajstić information content (AvgIpc) is 2.35. The minimum absolute atomic E-state index is 0.366. The van der Waals surface area contributed by atoms with Crippen molar-refractivity contribution >= 4 is 18.2 Å². The predicted molar refractivity (Wildman–Crippen MR) is 101 cm³/mol. The topological polar surface area (TPSA) is 43.4 Å². The highest BCUT2D eigenvalue weighted by Gasteiger charge is 2.47. The van der Waals surface area contributed by atoms with Crippen molar-refractivity contribution in [3.63, 3.8) is 0 Å². The minimum Gasteiger partial charge on any atom is -0.542 e. The van der Waals surface area contributed by atoms with Crippen LogP contribution in [0.15, 0.2) is 17.0 Å². The predicted octanol–water partition coefficient (Wildman–Crippen LogP) is 5.26. The number of hydrogen-bond donors (Lipinski definition) is 0. The molecule has 0 saturated heterocycles. The van der Waals surface area contributed by atoms with E-state index in [9.17, 15) is 8.42 Å². The van der Waals surface area contributed by atoms with Gasteiger partial charge in [0, 0.05) is 6.26 Å². The largest absolute Gasteiger partial charge is 0.542 e.